The number of hydrogen-bond donors (Lipinski definition) is 1. The van der Waals surface area contributed by atoms with Crippen LogP contribution in [0.25, 0.3) is 16.8 Å². The molecule has 4 rings (SSSR count). The molecule has 1 N–H and O–H groups in total. The summed E-state index contributed by atoms with van der Waals surface area (Å²) in [7, 11) is 0. The van der Waals surface area contributed by atoms with E-state index in [-0.39, 0.29) is 5.91 Å². The van der Waals surface area contributed by atoms with E-state index in [1.165, 1.54) is 0 Å². The third-order valence-corrected chi connectivity index (χ3v) is 4.76. The second kappa shape index (κ2) is 7.56. The summed E-state index contributed by atoms with van der Waals surface area (Å²) in [6, 6.07) is 15.7. The number of fused-ring (bicyclic) bond motifs is 1. The highest BCUT2D eigenvalue weighted by Crippen LogP contribution is 2.24. The van der Waals surface area contributed by atoms with Crippen LogP contribution < -0.4 is 5.32 Å². The maximum absolute atomic E-state index is 12.5. The molecule has 3 aromatic heterocycles. The predicted molar refractivity (Wildman–Crippen MR) is 110 cm³/mol. The molecule has 6 heteroatoms. The number of carbonyl (C=O) groups excluding carboxylic acids is 1. The van der Waals surface area contributed by atoms with Gasteiger partial charge in [0.2, 0.25) is 0 Å². The van der Waals surface area contributed by atoms with Gasteiger partial charge in [-0.2, -0.15) is 5.26 Å². The molecule has 0 aliphatic heterocycles. The van der Waals surface area contributed by atoms with E-state index < -0.39 is 0 Å². The molecule has 0 bridgehead atoms. The third-order valence-electron chi connectivity index (χ3n) is 4.76. The van der Waals surface area contributed by atoms with Crippen molar-refractivity contribution in [3.63, 3.8) is 0 Å². The van der Waals surface area contributed by atoms with Gasteiger partial charge in [-0.3, -0.25) is 9.78 Å². The smallest absolute Gasteiger partial charge is 0.271 e. The van der Waals surface area contributed by atoms with E-state index in [9.17, 15) is 4.79 Å². The van der Waals surface area contributed by atoms with Gasteiger partial charge in [-0.05, 0) is 60.4 Å². The Labute approximate surface area is 168 Å². The number of nitriles is 1. The van der Waals surface area contributed by atoms with Crippen LogP contribution >= 0.6 is 0 Å². The van der Waals surface area contributed by atoms with E-state index in [0.29, 0.717) is 23.4 Å². The molecular formula is C23H19N5O. The molecule has 1 aromatic carbocycles. The minimum atomic E-state index is -0.251. The van der Waals surface area contributed by atoms with Crippen LogP contribution in [0.1, 0.15) is 32.9 Å². The van der Waals surface area contributed by atoms with E-state index in [2.05, 4.69) is 46.5 Å². The van der Waals surface area contributed by atoms with E-state index in [0.717, 1.165) is 27.9 Å². The van der Waals surface area contributed by atoms with Gasteiger partial charge in [-0.25, -0.2) is 4.98 Å². The van der Waals surface area contributed by atoms with Crippen molar-refractivity contribution >= 4 is 11.6 Å². The number of nitrogens with one attached hydrogen (secondary N) is 1. The summed E-state index contributed by atoms with van der Waals surface area (Å²) in [5.41, 5.74) is 6.88. The second-order valence-electron chi connectivity index (χ2n) is 6.94. The van der Waals surface area contributed by atoms with Crippen molar-refractivity contribution in [1.82, 2.24) is 19.7 Å². The molecule has 0 saturated heterocycles. The van der Waals surface area contributed by atoms with Gasteiger partial charge in [-0.1, -0.05) is 18.2 Å². The fraction of sp³-hybridized carbons (Fsp3) is 0.130. The number of hydrogen-bond acceptors (Lipinski definition) is 4. The summed E-state index contributed by atoms with van der Waals surface area (Å²) in [5, 5.41) is 11.9. The van der Waals surface area contributed by atoms with Crippen LogP contribution in [-0.2, 0) is 6.54 Å². The van der Waals surface area contributed by atoms with Crippen LogP contribution in [0.3, 0.4) is 0 Å². The highest BCUT2D eigenvalue weighted by atomic mass is 16.1. The summed E-state index contributed by atoms with van der Waals surface area (Å²) >= 11 is 0. The first-order valence-electron chi connectivity index (χ1n) is 9.23. The maximum Gasteiger partial charge on any atom is 0.271 e. The van der Waals surface area contributed by atoms with Gasteiger partial charge >= 0.3 is 0 Å². The van der Waals surface area contributed by atoms with Crippen LogP contribution in [0.15, 0.2) is 61.1 Å². The largest absolute Gasteiger partial charge is 0.347 e. The SMILES string of the molecule is Cc1cc(-c2ccc(CNC(=O)c3cn4cc(C#N)ccc4n3)cc2C)ccn1. The number of carbonyl (C=O) groups is 1. The molecule has 6 nitrogen and oxygen atoms in total. The van der Waals surface area contributed by atoms with Crippen molar-refractivity contribution in [3.05, 3.63) is 89.1 Å². The third kappa shape index (κ3) is 3.85. The lowest BCUT2D eigenvalue weighted by Crippen LogP contribution is -2.23. The summed E-state index contributed by atoms with van der Waals surface area (Å²) in [5.74, 6) is -0.251. The molecule has 1 amide bonds. The lowest BCUT2D eigenvalue weighted by molar-refractivity contribution is 0.0946. The van der Waals surface area contributed by atoms with Crippen LogP contribution in [0.4, 0.5) is 0 Å². The van der Waals surface area contributed by atoms with Gasteiger partial charge in [-0.15, -0.1) is 0 Å². The molecule has 0 aliphatic rings. The van der Waals surface area contributed by atoms with E-state index in [4.69, 9.17) is 5.26 Å². The average molecular weight is 381 g/mol. The monoisotopic (exact) mass is 381 g/mol. The van der Waals surface area contributed by atoms with Gasteiger partial charge in [0.15, 0.2) is 0 Å². The Balaban J connectivity index is 1.48. The highest BCUT2D eigenvalue weighted by Gasteiger charge is 2.11. The van der Waals surface area contributed by atoms with Gasteiger partial charge in [0.1, 0.15) is 17.4 Å². The molecule has 142 valence electrons. The maximum atomic E-state index is 12.5. The van der Waals surface area contributed by atoms with Crippen molar-refractivity contribution in [2.24, 2.45) is 0 Å². The molecule has 0 saturated carbocycles. The van der Waals surface area contributed by atoms with Crippen molar-refractivity contribution in [2.75, 3.05) is 0 Å². The number of pyridine rings is 2. The van der Waals surface area contributed by atoms with Gasteiger partial charge < -0.3 is 9.72 Å². The minimum Gasteiger partial charge on any atom is -0.347 e. The standard InChI is InChI=1S/C23H19N5O/c1-15-9-17(3-5-20(15)19-7-8-25-16(2)10-19)12-26-23(29)21-14-28-13-18(11-24)4-6-22(28)27-21/h3-10,13-14H,12H2,1-2H3,(H,26,29). The van der Waals surface area contributed by atoms with Crippen LogP contribution in [0.2, 0.25) is 0 Å². The molecule has 0 atom stereocenters. The van der Waals surface area contributed by atoms with Crippen molar-refractivity contribution < 1.29 is 4.79 Å². The lowest BCUT2D eigenvalue weighted by atomic mass is 9.98. The van der Waals surface area contributed by atoms with Gasteiger partial charge in [0.05, 0.1) is 5.56 Å². The van der Waals surface area contributed by atoms with Gasteiger partial charge in [0.25, 0.3) is 5.91 Å². The Morgan fingerprint density at radius 2 is 2.00 bits per heavy atom. The Morgan fingerprint density at radius 3 is 2.76 bits per heavy atom. The number of imidazole rings is 1. The lowest BCUT2D eigenvalue weighted by Gasteiger charge is -2.10. The first kappa shape index (κ1) is 18.4. The minimum absolute atomic E-state index is 0.251. The summed E-state index contributed by atoms with van der Waals surface area (Å²) in [6.07, 6.45) is 5.10. The molecule has 0 aliphatic carbocycles. The van der Waals surface area contributed by atoms with Crippen molar-refractivity contribution in [2.45, 2.75) is 20.4 Å². The Bertz CT molecular complexity index is 1270. The molecule has 0 unspecified atom stereocenters. The molecule has 4 aromatic rings. The number of aromatic nitrogens is 3. The van der Waals surface area contributed by atoms with Crippen LogP contribution in [0, 0.1) is 25.2 Å². The van der Waals surface area contributed by atoms with Crippen molar-refractivity contribution in [1.29, 1.82) is 5.26 Å². The van der Waals surface area contributed by atoms with Gasteiger partial charge in [0, 0.05) is 30.8 Å². The summed E-state index contributed by atoms with van der Waals surface area (Å²) in [6.45, 7) is 4.45. The fourth-order valence-electron chi connectivity index (χ4n) is 3.31. The molecular weight excluding hydrogens is 362 g/mol. The number of benzene rings is 1. The van der Waals surface area contributed by atoms with Crippen LogP contribution in [0.5, 0.6) is 0 Å². The molecule has 3 heterocycles. The van der Waals surface area contributed by atoms with Crippen molar-refractivity contribution in [3.8, 4) is 17.2 Å². The summed E-state index contributed by atoms with van der Waals surface area (Å²) < 4.78 is 1.68. The highest BCUT2D eigenvalue weighted by molar-refractivity contribution is 5.92. The molecule has 0 spiro atoms. The van der Waals surface area contributed by atoms with E-state index in [1.54, 1.807) is 28.9 Å². The number of nitrogens with zero attached hydrogens (tertiary/aromatic N) is 4. The topological polar surface area (TPSA) is 83.1 Å². The van der Waals surface area contributed by atoms with E-state index >= 15 is 0 Å². The normalized spacial score (nSPS) is 10.7. The Kier molecular flexibility index (Phi) is 4.80. The Morgan fingerprint density at radius 1 is 1.14 bits per heavy atom. The molecule has 0 radical (unpaired) electrons. The number of amides is 1. The average Bonchev–Trinajstić information content (AvgIpc) is 3.15. The summed E-state index contributed by atoms with van der Waals surface area (Å²) in [4.78, 5) is 21.1. The zero-order valence-corrected chi connectivity index (χ0v) is 16.2. The number of rotatable bonds is 4. The zero-order chi connectivity index (χ0) is 20.4. The first-order chi connectivity index (χ1) is 14.0. The van der Waals surface area contributed by atoms with Crippen LogP contribution in [-0.4, -0.2) is 20.3 Å². The van der Waals surface area contributed by atoms with E-state index in [1.807, 2.05) is 25.3 Å². The second-order valence-corrected chi connectivity index (χ2v) is 6.94. The molecule has 0 fully saturated rings. The first-order valence-corrected chi connectivity index (χ1v) is 9.23. The molecule has 29 heavy (non-hydrogen) atoms. The Hall–Kier alpha value is -3.98. The fourth-order valence-corrected chi connectivity index (χ4v) is 3.31. The predicted octanol–water partition coefficient (Wildman–Crippen LogP) is 3.81. The quantitative estimate of drug-likeness (QED) is 0.583. The number of aryl methyl sites for hydroxylation is 2. The zero-order valence-electron chi connectivity index (χ0n) is 16.2.